The summed E-state index contributed by atoms with van der Waals surface area (Å²) in [5.41, 5.74) is 1.66. The average Bonchev–Trinajstić information content (AvgIpc) is 2.64. The van der Waals surface area contributed by atoms with Crippen molar-refractivity contribution in [3.8, 4) is 11.4 Å². The summed E-state index contributed by atoms with van der Waals surface area (Å²) in [7, 11) is 0. The smallest absolute Gasteiger partial charge is 0.257 e. The van der Waals surface area contributed by atoms with E-state index in [-0.39, 0.29) is 25.1 Å². The van der Waals surface area contributed by atoms with Crippen LogP contribution in [0, 0.1) is 18.6 Å². The first-order valence-corrected chi connectivity index (χ1v) is 8.69. The van der Waals surface area contributed by atoms with Crippen LogP contribution in [-0.4, -0.2) is 21.3 Å². The summed E-state index contributed by atoms with van der Waals surface area (Å²) in [6, 6.07) is 10.3. The van der Waals surface area contributed by atoms with Gasteiger partial charge in [0.2, 0.25) is 0 Å². The van der Waals surface area contributed by atoms with Gasteiger partial charge < -0.3 is 5.11 Å². The molecule has 0 saturated heterocycles. The lowest BCUT2D eigenvalue weighted by Crippen LogP contribution is -2.29. The summed E-state index contributed by atoms with van der Waals surface area (Å²) in [5.74, 6) is -1.54. The Hall–Kier alpha value is -2.57. The number of hydrogen-bond acceptors (Lipinski definition) is 3. The third-order valence-corrected chi connectivity index (χ3v) is 4.51. The van der Waals surface area contributed by atoms with Gasteiger partial charge in [0.05, 0.1) is 6.54 Å². The van der Waals surface area contributed by atoms with Crippen LogP contribution in [-0.2, 0) is 13.0 Å². The Morgan fingerprint density at radius 2 is 1.81 bits per heavy atom. The SMILES string of the molecule is Cc1nc(-c2ccc(Cl)cc2)n(Cc2ccc(F)c(F)c2)c(=O)c1CCO. The molecule has 0 atom stereocenters. The Balaban J connectivity index is 2.18. The second-order valence-corrected chi connectivity index (χ2v) is 6.56. The van der Waals surface area contributed by atoms with Crippen molar-refractivity contribution in [1.82, 2.24) is 9.55 Å². The summed E-state index contributed by atoms with van der Waals surface area (Å²) in [4.78, 5) is 17.5. The molecule has 1 N–H and O–H groups in total. The summed E-state index contributed by atoms with van der Waals surface area (Å²) in [6.07, 6.45) is 0.163. The topological polar surface area (TPSA) is 55.1 Å². The number of nitrogens with zero attached hydrogens (tertiary/aromatic N) is 2. The number of aromatic nitrogens is 2. The maximum atomic E-state index is 13.6. The molecular formula is C20H17ClF2N2O2. The summed E-state index contributed by atoms with van der Waals surface area (Å²) in [6.45, 7) is 1.52. The molecule has 3 rings (SSSR count). The molecular weight excluding hydrogens is 374 g/mol. The zero-order valence-electron chi connectivity index (χ0n) is 14.5. The van der Waals surface area contributed by atoms with Crippen molar-refractivity contribution in [2.24, 2.45) is 0 Å². The zero-order chi connectivity index (χ0) is 19.6. The average molecular weight is 391 g/mol. The molecule has 0 aliphatic carbocycles. The van der Waals surface area contributed by atoms with Crippen LogP contribution >= 0.6 is 11.6 Å². The molecule has 1 aromatic heterocycles. The molecule has 0 aliphatic rings. The van der Waals surface area contributed by atoms with Crippen molar-refractivity contribution in [1.29, 1.82) is 0 Å². The Morgan fingerprint density at radius 1 is 1.11 bits per heavy atom. The maximum Gasteiger partial charge on any atom is 0.257 e. The molecule has 4 nitrogen and oxygen atoms in total. The van der Waals surface area contributed by atoms with Crippen molar-refractivity contribution < 1.29 is 13.9 Å². The van der Waals surface area contributed by atoms with E-state index in [9.17, 15) is 18.7 Å². The Bertz CT molecular complexity index is 1030. The molecule has 140 valence electrons. The van der Waals surface area contributed by atoms with Gasteiger partial charge in [0.15, 0.2) is 11.6 Å². The van der Waals surface area contributed by atoms with Crippen LogP contribution in [0.2, 0.25) is 5.02 Å². The first kappa shape index (κ1) is 19.2. The fourth-order valence-corrected chi connectivity index (χ4v) is 3.01. The van der Waals surface area contributed by atoms with Crippen molar-refractivity contribution in [3.05, 3.63) is 86.3 Å². The summed E-state index contributed by atoms with van der Waals surface area (Å²) in [5, 5.41) is 9.79. The Kier molecular flexibility index (Phi) is 5.68. The Morgan fingerprint density at radius 3 is 2.44 bits per heavy atom. The van der Waals surface area contributed by atoms with Crippen molar-refractivity contribution >= 4 is 11.6 Å². The predicted molar refractivity (Wildman–Crippen MR) is 99.9 cm³/mol. The van der Waals surface area contributed by atoms with Crippen LogP contribution in [0.1, 0.15) is 16.8 Å². The number of aliphatic hydroxyl groups is 1. The lowest BCUT2D eigenvalue weighted by atomic mass is 10.1. The van der Waals surface area contributed by atoms with Crippen LogP contribution in [0.15, 0.2) is 47.3 Å². The molecule has 7 heteroatoms. The molecule has 0 saturated carbocycles. The molecule has 0 aliphatic heterocycles. The highest BCUT2D eigenvalue weighted by Crippen LogP contribution is 2.21. The molecule has 27 heavy (non-hydrogen) atoms. The normalized spacial score (nSPS) is 11.0. The van der Waals surface area contributed by atoms with Crippen molar-refractivity contribution in [2.45, 2.75) is 19.9 Å². The van der Waals surface area contributed by atoms with Crippen LogP contribution < -0.4 is 5.56 Å². The Labute approximate surface area is 159 Å². The highest BCUT2D eigenvalue weighted by atomic mass is 35.5. The highest BCUT2D eigenvalue weighted by molar-refractivity contribution is 6.30. The van der Waals surface area contributed by atoms with Gasteiger partial charge in [-0.1, -0.05) is 17.7 Å². The van der Waals surface area contributed by atoms with E-state index in [1.807, 2.05) is 0 Å². The zero-order valence-corrected chi connectivity index (χ0v) is 15.3. The predicted octanol–water partition coefficient (Wildman–Crippen LogP) is 3.73. The molecule has 0 radical (unpaired) electrons. The first-order chi connectivity index (χ1) is 12.9. The van der Waals surface area contributed by atoms with Gasteiger partial charge in [0.1, 0.15) is 5.82 Å². The van der Waals surface area contributed by atoms with Crippen LogP contribution in [0.25, 0.3) is 11.4 Å². The quantitative estimate of drug-likeness (QED) is 0.722. The third-order valence-electron chi connectivity index (χ3n) is 4.26. The lowest BCUT2D eigenvalue weighted by Gasteiger charge is -2.16. The highest BCUT2D eigenvalue weighted by Gasteiger charge is 2.16. The second-order valence-electron chi connectivity index (χ2n) is 6.12. The fourth-order valence-electron chi connectivity index (χ4n) is 2.89. The fraction of sp³-hybridized carbons (Fsp3) is 0.200. The van der Waals surface area contributed by atoms with E-state index in [1.165, 1.54) is 10.6 Å². The molecule has 0 amide bonds. The van der Waals surface area contributed by atoms with Crippen molar-refractivity contribution in [2.75, 3.05) is 6.61 Å². The number of hydrogen-bond donors (Lipinski definition) is 1. The number of benzene rings is 2. The molecule has 0 unspecified atom stereocenters. The largest absolute Gasteiger partial charge is 0.396 e. The van der Waals surface area contributed by atoms with E-state index in [0.717, 1.165) is 12.1 Å². The molecule has 3 aromatic rings. The van der Waals surface area contributed by atoms with E-state index in [0.29, 0.717) is 33.2 Å². The van der Waals surface area contributed by atoms with E-state index in [1.54, 1.807) is 31.2 Å². The molecule has 0 fully saturated rings. The monoisotopic (exact) mass is 390 g/mol. The number of aryl methyl sites for hydroxylation is 1. The van der Waals surface area contributed by atoms with E-state index < -0.39 is 11.6 Å². The summed E-state index contributed by atoms with van der Waals surface area (Å²) < 4.78 is 28.2. The second kappa shape index (κ2) is 7.98. The van der Waals surface area contributed by atoms with Gasteiger partial charge in [-0.25, -0.2) is 13.8 Å². The number of aliphatic hydroxyl groups excluding tert-OH is 1. The number of halogens is 3. The van der Waals surface area contributed by atoms with Crippen LogP contribution in [0.5, 0.6) is 0 Å². The van der Waals surface area contributed by atoms with Gasteiger partial charge in [0, 0.05) is 34.9 Å². The van der Waals surface area contributed by atoms with Gasteiger partial charge in [-0.3, -0.25) is 9.36 Å². The number of rotatable bonds is 5. The van der Waals surface area contributed by atoms with Gasteiger partial charge in [-0.2, -0.15) is 0 Å². The summed E-state index contributed by atoms with van der Waals surface area (Å²) >= 11 is 5.94. The minimum atomic E-state index is -0.982. The molecule has 0 bridgehead atoms. The van der Waals surface area contributed by atoms with Gasteiger partial charge >= 0.3 is 0 Å². The van der Waals surface area contributed by atoms with Crippen LogP contribution in [0.3, 0.4) is 0 Å². The lowest BCUT2D eigenvalue weighted by molar-refractivity contribution is 0.298. The van der Waals surface area contributed by atoms with Gasteiger partial charge in [0.25, 0.3) is 5.56 Å². The van der Waals surface area contributed by atoms with Gasteiger partial charge in [-0.05, 0) is 48.9 Å². The molecule has 1 heterocycles. The van der Waals surface area contributed by atoms with E-state index in [2.05, 4.69) is 4.98 Å². The maximum absolute atomic E-state index is 13.6. The van der Waals surface area contributed by atoms with Crippen LogP contribution in [0.4, 0.5) is 8.78 Å². The molecule has 2 aromatic carbocycles. The van der Waals surface area contributed by atoms with Crippen molar-refractivity contribution in [3.63, 3.8) is 0 Å². The third kappa shape index (κ3) is 4.07. The standard InChI is InChI=1S/C20H17ClF2N2O2/c1-12-16(8-9-26)20(27)25(11-13-2-7-17(22)18(23)10-13)19(24-12)14-3-5-15(21)6-4-14/h2-7,10,26H,8-9,11H2,1H3. The molecule has 0 spiro atoms. The van der Waals surface area contributed by atoms with E-state index in [4.69, 9.17) is 11.6 Å². The minimum absolute atomic E-state index is 0.0136. The van der Waals surface area contributed by atoms with E-state index >= 15 is 0 Å². The minimum Gasteiger partial charge on any atom is -0.396 e. The van der Waals surface area contributed by atoms with Gasteiger partial charge in [-0.15, -0.1) is 0 Å². The first-order valence-electron chi connectivity index (χ1n) is 8.31.